The van der Waals surface area contributed by atoms with Gasteiger partial charge < -0.3 is 4.18 Å². The van der Waals surface area contributed by atoms with E-state index in [1.54, 1.807) is 12.1 Å². The van der Waals surface area contributed by atoms with Crippen molar-refractivity contribution in [2.24, 2.45) is 0 Å². The topological polar surface area (TPSA) is 29.1 Å². The molecule has 1 aromatic carbocycles. The zero-order valence-corrected chi connectivity index (χ0v) is 14.1. The average molecular weight is 309 g/mol. The molecule has 0 unspecified atom stereocenters. The predicted octanol–water partition coefficient (Wildman–Crippen LogP) is 6.78. The first kappa shape index (κ1) is 18.2. The molecule has 0 spiro atoms. The molecule has 0 N–H and O–H groups in total. The second-order valence-electron chi connectivity index (χ2n) is 5.56. The molecule has 21 heavy (non-hydrogen) atoms. The first-order valence-corrected chi connectivity index (χ1v) is 9.30. The summed E-state index contributed by atoms with van der Waals surface area (Å²) in [6.07, 6.45) is 13.6. The Hall–Kier alpha value is -0.830. The molecule has 0 bridgehead atoms. The average Bonchev–Trinajstić information content (AvgIpc) is 2.50. The smallest absolute Gasteiger partial charge is 0.178 e. The Morgan fingerprint density at radius 2 is 1.33 bits per heavy atom. The maximum Gasteiger partial charge on any atom is 0.178 e. The van der Waals surface area contributed by atoms with Crippen LogP contribution in [0, 0.1) is 0 Å². The first-order chi connectivity index (χ1) is 10.3. The van der Waals surface area contributed by atoms with Crippen LogP contribution < -0.4 is 4.18 Å². The van der Waals surface area contributed by atoms with Crippen molar-refractivity contribution in [3.63, 3.8) is 0 Å². The van der Waals surface area contributed by atoms with Gasteiger partial charge in [-0.3, -0.25) is 5.11 Å². The summed E-state index contributed by atoms with van der Waals surface area (Å²) in [7, 11) is 0. The fourth-order valence-electron chi connectivity index (χ4n) is 2.25. The Morgan fingerprint density at radius 1 is 0.810 bits per heavy atom. The van der Waals surface area contributed by atoms with Crippen molar-refractivity contribution in [1.29, 1.82) is 0 Å². The van der Waals surface area contributed by atoms with Gasteiger partial charge >= 0.3 is 0 Å². The second kappa shape index (κ2) is 12.9. The third-order valence-corrected chi connectivity index (χ3v) is 4.33. The summed E-state index contributed by atoms with van der Waals surface area (Å²) in [4.78, 5) is 0. The molecule has 0 heterocycles. The van der Waals surface area contributed by atoms with E-state index in [0.717, 1.165) is 11.5 Å². The van der Waals surface area contributed by atoms with Gasteiger partial charge in [0.25, 0.3) is 0 Å². The predicted molar refractivity (Wildman–Crippen MR) is 91.5 cm³/mol. The largest absolute Gasteiger partial charge is 0.426 e. The van der Waals surface area contributed by atoms with Crippen molar-refractivity contribution in [3.05, 3.63) is 24.3 Å². The quantitative estimate of drug-likeness (QED) is 0.297. The second-order valence-corrected chi connectivity index (χ2v) is 6.37. The normalized spacial score (nSPS) is 10.7. The molecule has 0 aromatic heterocycles. The van der Waals surface area contributed by atoms with Crippen molar-refractivity contribution >= 4 is 12.0 Å². The van der Waals surface area contributed by atoms with Crippen molar-refractivity contribution in [2.45, 2.75) is 71.1 Å². The van der Waals surface area contributed by atoms with E-state index in [2.05, 4.69) is 6.92 Å². The van der Waals surface area contributed by atoms with Gasteiger partial charge in [0.2, 0.25) is 0 Å². The highest BCUT2D eigenvalue weighted by Gasteiger charge is 1.97. The SMILES string of the molecule is CCCCCCCCCCCCSOc1ccc([O])cc1. The standard InChI is InChI=1S/C18H29O2S/c1-2-3-4-5-6-7-8-9-10-11-16-21-20-18-14-12-17(19)13-15-18/h12-15H,2-11,16H2,1H3. The van der Waals surface area contributed by atoms with Crippen LogP contribution in [0.25, 0.3) is 0 Å². The lowest BCUT2D eigenvalue weighted by Gasteiger charge is -2.04. The van der Waals surface area contributed by atoms with Crippen LogP contribution in [0.15, 0.2) is 24.3 Å². The Balaban J connectivity index is 1.81. The third-order valence-electron chi connectivity index (χ3n) is 3.56. The lowest BCUT2D eigenvalue weighted by molar-refractivity contribution is 0.354. The summed E-state index contributed by atoms with van der Waals surface area (Å²) < 4.78 is 5.52. The van der Waals surface area contributed by atoms with E-state index in [1.165, 1.54) is 88.4 Å². The molecule has 1 radical (unpaired) electrons. The molecule has 0 atom stereocenters. The van der Waals surface area contributed by atoms with Crippen LogP contribution in [-0.4, -0.2) is 5.75 Å². The Bertz CT molecular complexity index is 338. The van der Waals surface area contributed by atoms with Crippen LogP contribution >= 0.6 is 12.0 Å². The summed E-state index contributed by atoms with van der Waals surface area (Å²) in [5.74, 6) is 1.82. The van der Waals surface area contributed by atoms with Gasteiger partial charge in [0.15, 0.2) is 5.75 Å². The maximum atomic E-state index is 10.9. The minimum absolute atomic E-state index is 0.0297. The van der Waals surface area contributed by atoms with Crippen LogP contribution in [0.1, 0.15) is 71.1 Å². The molecule has 2 nitrogen and oxygen atoms in total. The molecule has 0 saturated heterocycles. The molecule has 0 aliphatic rings. The van der Waals surface area contributed by atoms with Gasteiger partial charge in [-0.1, -0.05) is 64.7 Å². The molecule has 0 saturated carbocycles. The fourth-order valence-corrected chi connectivity index (χ4v) is 2.91. The minimum atomic E-state index is 0.0297. The highest BCUT2D eigenvalue weighted by Crippen LogP contribution is 2.21. The van der Waals surface area contributed by atoms with E-state index in [4.69, 9.17) is 4.18 Å². The Labute approximate surface area is 134 Å². The third kappa shape index (κ3) is 10.5. The van der Waals surface area contributed by atoms with E-state index >= 15 is 0 Å². The first-order valence-electron chi connectivity index (χ1n) is 8.39. The van der Waals surface area contributed by atoms with Gasteiger partial charge in [-0.25, -0.2) is 0 Å². The van der Waals surface area contributed by atoms with Crippen molar-refractivity contribution in [1.82, 2.24) is 0 Å². The molecule has 3 heteroatoms. The summed E-state index contributed by atoms with van der Waals surface area (Å²) in [6, 6.07) is 6.54. The highest BCUT2D eigenvalue weighted by molar-refractivity contribution is 7.95. The summed E-state index contributed by atoms with van der Waals surface area (Å²) >= 11 is 1.49. The van der Waals surface area contributed by atoms with Gasteiger partial charge in [0.1, 0.15) is 5.75 Å². The summed E-state index contributed by atoms with van der Waals surface area (Å²) in [6.45, 7) is 2.26. The lowest BCUT2D eigenvalue weighted by atomic mass is 10.1. The number of benzene rings is 1. The minimum Gasteiger partial charge on any atom is -0.426 e. The van der Waals surface area contributed by atoms with Crippen molar-refractivity contribution in [2.75, 3.05) is 5.75 Å². The van der Waals surface area contributed by atoms with E-state index in [0.29, 0.717) is 0 Å². The van der Waals surface area contributed by atoms with Gasteiger partial charge in [-0.2, -0.15) is 0 Å². The Morgan fingerprint density at radius 3 is 1.90 bits per heavy atom. The number of unbranched alkanes of at least 4 members (excludes halogenated alkanes) is 9. The molecule has 0 amide bonds. The molecule has 0 aliphatic carbocycles. The van der Waals surface area contributed by atoms with Gasteiger partial charge in [0.05, 0.1) is 12.0 Å². The van der Waals surface area contributed by atoms with E-state index in [1.807, 2.05) is 0 Å². The van der Waals surface area contributed by atoms with E-state index < -0.39 is 0 Å². The maximum absolute atomic E-state index is 10.9. The van der Waals surface area contributed by atoms with Gasteiger partial charge in [0, 0.05) is 5.75 Å². The Kier molecular flexibility index (Phi) is 11.2. The van der Waals surface area contributed by atoms with Gasteiger partial charge in [-0.05, 0) is 30.7 Å². The zero-order valence-electron chi connectivity index (χ0n) is 13.3. The summed E-state index contributed by atoms with van der Waals surface area (Å²) in [5, 5.41) is 10.9. The fraction of sp³-hybridized carbons (Fsp3) is 0.667. The van der Waals surface area contributed by atoms with Crippen LogP contribution in [0.3, 0.4) is 0 Å². The van der Waals surface area contributed by atoms with Gasteiger partial charge in [-0.15, -0.1) is 0 Å². The van der Waals surface area contributed by atoms with Crippen molar-refractivity contribution < 1.29 is 9.29 Å². The van der Waals surface area contributed by atoms with Crippen molar-refractivity contribution in [3.8, 4) is 11.5 Å². The molecule has 0 aliphatic heterocycles. The lowest BCUT2D eigenvalue weighted by Crippen LogP contribution is -1.87. The van der Waals surface area contributed by atoms with Crippen LogP contribution in [0.2, 0.25) is 0 Å². The van der Waals surface area contributed by atoms with E-state index in [-0.39, 0.29) is 5.75 Å². The number of hydrogen-bond acceptors (Lipinski definition) is 2. The molecule has 0 fully saturated rings. The molecular weight excluding hydrogens is 280 g/mol. The van der Waals surface area contributed by atoms with E-state index in [9.17, 15) is 5.11 Å². The summed E-state index contributed by atoms with van der Waals surface area (Å²) in [5.41, 5.74) is 0. The van der Waals surface area contributed by atoms with Crippen LogP contribution in [-0.2, 0) is 5.11 Å². The van der Waals surface area contributed by atoms with Crippen LogP contribution in [0.5, 0.6) is 11.5 Å². The number of rotatable bonds is 13. The number of hydrogen-bond donors (Lipinski definition) is 0. The molecule has 119 valence electrons. The molecule has 1 rings (SSSR count). The molecular formula is C18H29O2S. The van der Waals surface area contributed by atoms with Crippen LogP contribution in [0.4, 0.5) is 0 Å². The monoisotopic (exact) mass is 309 g/mol. The highest BCUT2D eigenvalue weighted by atomic mass is 32.2. The molecule has 1 aromatic rings. The zero-order chi connectivity index (χ0) is 15.2.